The lowest BCUT2D eigenvalue weighted by molar-refractivity contribution is 0.106. The summed E-state index contributed by atoms with van der Waals surface area (Å²) < 4.78 is 12.3. The molecule has 2 heterocycles. The topological polar surface area (TPSA) is 87.0 Å². The Morgan fingerprint density at radius 3 is 2.81 bits per heavy atom. The van der Waals surface area contributed by atoms with E-state index in [1.54, 1.807) is 23.1 Å². The number of hydrogen-bond donors (Lipinski definition) is 1. The van der Waals surface area contributed by atoms with E-state index in [0.717, 1.165) is 13.0 Å². The smallest absolute Gasteiger partial charge is 0.323 e. The second kappa shape index (κ2) is 8.15. The second-order valence-electron chi connectivity index (χ2n) is 4.16. The normalized spacial score (nSPS) is 10.6. The van der Waals surface area contributed by atoms with Gasteiger partial charge in [0.15, 0.2) is 0 Å². The van der Waals surface area contributed by atoms with Gasteiger partial charge in [-0.05, 0) is 19.4 Å². The molecule has 114 valence electrons. The third-order valence-electron chi connectivity index (χ3n) is 2.51. The van der Waals surface area contributed by atoms with E-state index in [4.69, 9.17) is 9.47 Å². The summed E-state index contributed by atoms with van der Waals surface area (Å²) in [6.07, 6.45) is 4.41. The van der Waals surface area contributed by atoms with Crippen LogP contribution in [-0.2, 0) is 4.74 Å². The number of aromatic nitrogens is 5. The average Bonchev–Trinajstić information content (AvgIpc) is 3.04. The predicted molar refractivity (Wildman–Crippen MR) is 77.7 cm³/mol. The summed E-state index contributed by atoms with van der Waals surface area (Å²) in [5, 5.41) is 7.24. The van der Waals surface area contributed by atoms with E-state index in [1.165, 1.54) is 0 Å². The van der Waals surface area contributed by atoms with Gasteiger partial charge < -0.3 is 14.8 Å². The Kier molecular flexibility index (Phi) is 5.89. The molecule has 0 aliphatic heterocycles. The van der Waals surface area contributed by atoms with E-state index in [9.17, 15) is 0 Å². The number of anilines is 1. The lowest BCUT2D eigenvalue weighted by atomic mass is 10.5. The summed E-state index contributed by atoms with van der Waals surface area (Å²) in [7, 11) is 0. The Morgan fingerprint density at radius 2 is 2.10 bits per heavy atom. The fraction of sp³-hybridized carbons (Fsp3) is 0.538. The van der Waals surface area contributed by atoms with Crippen LogP contribution in [0.1, 0.15) is 20.3 Å². The molecule has 0 spiro atoms. The first-order chi connectivity index (χ1) is 10.3. The molecule has 2 rings (SSSR count). The van der Waals surface area contributed by atoms with E-state index < -0.39 is 0 Å². The van der Waals surface area contributed by atoms with Crippen LogP contribution in [0.5, 0.6) is 6.01 Å². The molecule has 0 bridgehead atoms. The van der Waals surface area contributed by atoms with Crippen LogP contribution in [0.3, 0.4) is 0 Å². The molecule has 8 heteroatoms. The Morgan fingerprint density at radius 1 is 1.19 bits per heavy atom. The zero-order valence-corrected chi connectivity index (χ0v) is 12.3. The van der Waals surface area contributed by atoms with Gasteiger partial charge in [0.1, 0.15) is 6.61 Å². The molecule has 21 heavy (non-hydrogen) atoms. The lowest BCUT2D eigenvalue weighted by Gasteiger charge is -2.09. The molecule has 0 unspecified atom stereocenters. The van der Waals surface area contributed by atoms with Crippen molar-refractivity contribution in [3.63, 3.8) is 0 Å². The summed E-state index contributed by atoms with van der Waals surface area (Å²) in [4.78, 5) is 12.8. The molecule has 0 amide bonds. The van der Waals surface area contributed by atoms with Gasteiger partial charge in [-0.2, -0.15) is 20.1 Å². The van der Waals surface area contributed by atoms with Crippen molar-refractivity contribution in [3.05, 3.63) is 18.5 Å². The van der Waals surface area contributed by atoms with Crippen LogP contribution < -0.4 is 10.1 Å². The SMILES string of the molecule is CCCNc1nc(OCCOCC)nc(-n2cccn2)n1. The van der Waals surface area contributed by atoms with Crippen molar-refractivity contribution >= 4 is 5.95 Å². The standard InChI is InChI=1S/C13H20N6O2/c1-3-6-14-11-16-12(19-8-5-7-15-19)18-13(17-11)21-10-9-20-4-2/h5,7-8H,3-4,6,9-10H2,1-2H3,(H,14,16,17,18). The van der Waals surface area contributed by atoms with Gasteiger partial charge in [0.2, 0.25) is 5.95 Å². The minimum atomic E-state index is 0.258. The van der Waals surface area contributed by atoms with Crippen molar-refractivity contribution in [1.29, 1.82) is 0 Å². The Hall–Kier alpha value is -2.22. The van der Waals surface area contributed by atoms with Gasteiger partial charge in [-0.3, -0.25) is 0 Å². The van der Waals surface area contributed by atoms with Crippen molar-refractivity contribution in [2.45, 2.75) is 20.3 Å². The van der Waals surface area contributed by atoms with Gasteiger partial charge in [0.25, 0.3) is 5.95 Å². The van der Waals surface area contributed by atoms with Gasteiger partial charge in [0, 0.05) is 25.5 Å². The highest BCUT2D eigenvalue weighted by molar-refractivity contribution is 5.29. The summed E-state index contributed by atoms with van der Waals surface area (Å²) in [6.45, 7) is 6.33. The maximum absolute atomic E-state index is 5.50. The zero-order valence-electron chi connectivity index (χ0n) is 12.3. The summed E-state index contributed by atoms with van der Waals surface area (Å²) in [5.74, 6) is 0.892. The molecular formula is C13H20N6O2. The molecule has 0 aliphatic carbocycles. The number of nitrogens with zero attached hydrogens (tertiary/aromatic N) is 5. The van der Waals surface area contributed by atoms with E-state index in [-0.39, 0.29) is 6.01 Å². The maximum atomic E-state index is 5.50. The van der Waals surface area contributed by atoms with Gasteiger partial charge >= 0.3 is 6.01 Å². The Balaban J connectivity index is 2.12. The summed E-state index contributed by atoms with van der Waals surface area (Å²) in [6, 6.07) is 2.06. The van der Waals surface area contributed by atoms with E-state index in [1.807, 2.05) is 6.92 Å². The van der Waals surface area contributed by atoms with Crippen molar-refractivity contribution in [1.82, 2.24) is 24.7 Å². The molecule has 1 N–H and O–H groups in total. The predicted octanol–water partition coefficient (Wildman–Crippen LogP) is 1.29. The van der Waals surface area contributed by atoms with Crippen LogP contribution in [-0.4, -0.2) is 51.1 Å². The zero-order chi connectivity index (χ0) is 14.9. The highest BCUT2D eigenvalue weighted by Gasteiger charge is 2.09. The van der Waals surface area contributed by atoms with E-state index >= 15 is 0 Å². The van der Waals surface area contributed by atoms with Crippen LogP contribution in [0, 0.1) is 0 Å². The van der Waals surface area contributed by atoms with Gasteiger partial charge in [-0.15, -0.1) is 0 Å². The van der Waals surface area contributed by atoms with Crippen molar-refractivity contribution in [2.75, 3.05) is 31.7 Å². The first-order valence-electron chi connectivity index (χ1n) is 7.04. The molecule has 0 aromatic carbocycles. The number of hydrogen-bond acceptors (Lipinski definition) is 7. The average molecular weight is 292 g/mol. The van der Waals surface area contributed by atoms with Crippen molar-refractivity contribution in [3.8, 4) is 12.0 Å². The molecule has 2 aromatic rings. The quantitative estimate of drug-likeness (QED) is 0.697. The third kappa shape index (κ3) is 4.67. The molecule has 0 saturated carbocycles. The minimum absolute atomic E-state index is 0.258. The lowest BCUT2D eigenvalue weighted by Crippen LogP contribution is -2.13. The monoisotopic (exact) mass is 292 g/mol. The first kappa shape index (κ1) is 15.2. The van der Waals surface area contributed by atoms with Crippen LogP contribution in [0.15, 0.2) is 18.5 Å². The molecule has 0 radical (unpaired) electrons. The Bertz CT molecular complexity index is 531. The van der Waals surface area contributed by atoms with E-state index in [0.29, 0.717) is 31.7 Å². The van der Waals surface area contributed by atoms with Crippen LogP contribution >= 0.6 is 0 Å². The fourth-order valence-corrected chi connectivity index (χ4v) is 1.55. The second-order valence-corrected chi connectivity index (χ2v) is 4.16. The van der Waals surface area contributed by atoms with Crippen LogP contribution in [0.2, 0.25) is 0 Å². The summed E-state index contributed by atoms with van der Waals surface area (Å²) in [5.41, 5.74) is 0. The fourth-order valence-electron chi connectivity index (χ4n) is 1.55. The number of rotatable bonds is 9. The van der Waals surface area contributed by atoms with Crippen LogP contribution in [0.4, 0.5) is 5.95 Å². The molecule has 0 aliphatic rings. The highest BCUT2D eigenvalue weighted by atomic mass is 16.5. The molecular weight excluding hydrogens is 272 g/mol. The summed E-state index contributed by atoms with van der Waals surface area (Å²) >= 11 is 0. The van der Waals surface area contributed by atoms with Gasteiger partial charge in [-0.1, -0.05) is 6.92 Å². The largest absolute Gasteiger partial charge is 0.461 e. The molecule has 0 saturated heterocycles. The van der Waals surface area contributed by atoms with Gasteiger partial charge in [0.05, 0.1) is 6.61 Å². The van der Waals surface area contributed by atoms with E-state index in [2.05, 4.69) is 32.3 Å². The van der Waals surface area contributed by atoms with Crippen LogP contribution in [0.25, 0.3) is 5.95 Å². The van der Waals surface area contributed by atoms with Crippen molar-refractivity contribution in [2.24, 2.45) is 0 Å². The van der Waals surface area contributed by atoms with Gasteiger partial charge in [-0.25, -0.2) is 4.68 Å². The van der Waals surface area contributed by atoms with Crippen molar-refractivity contribution < 1.29 is 9.47 Å². The first-order valence-corrected chi connectivity index (χ1v) is 7.04. The maximum Gasteiger partial charge on any atom is 0.323 e. The molecule has 2 aromatic heterocycles. The minimum Gasteiger partial charge on any atom is -0.461 e. The molecule has 0 atom stereocenters. The molecule has 0 fully saturated rings. The Labute approximate surface area is 123 Å². The third-order valence-corrected chi connectivity index (χ3v) is 2.51. The number of ether oxygens (including phenoxy) is 2. The molecule has 8 nitrogen and oxygen atoms in total. The number of nitrogens with one attached hydrogen (secondary N) is 1. The highest BCUT2D eigenvalue weighted by Crippen LogP contribution is 2.10.